The van der Waals surface area contributed by atoms with Crippen LogP contribution in [0.1, 0.15) is 5.56 Å². The Morgan fingerprint density at radius 2 is 1.27 bits per heavy atom. The second kappa shape index (κ2) is 10.6. The van der Waals surface area contributed by atoms with Gasteiger partial charge in [-0.15, -0.1) is 22.7 Å². The molecule has 1 aliphatic rings. The van der Waals surface area contributed by atoms with Gasteiger partial charge in [0.05, 0.1) is 39.5 Å². The van der Waals surface area contributed by atoms with Crippen molar-refractivity contribution in [2.75, 3.05) is 0 Å². The zero-order chi connectivity index (χ0) is 30.5. The number of nitro benzene ring substituents is 2. The van der Waals surface area contributed by atoms with Gasteiger partial charge in [-0.05, 0) is 59.7 Å². The minimum atomic E-state index is -0.575. The summed E-state index contributed by atoms with van der Waals surface area (Å²) in [5.74, 6) is 0. The molecule has 44 heavy (non-hydrogen) atoms. The van der Waals surface area contributed by atoms with Gasteiger partial charge in [-0.1, -0.05) is 0 Å². The number of nitrogens with zero attached hydrogens (tertiary/aromatic N) is 8. The van der Waals surface area contributed by atoms with Crippen molar-refractivity contribution in [2.45, 2.75) is 0 Å². The summed E-state index contributed by atoms with van der Waals surface area (Å²) >= 11 is 5.03. The van der Waals surface area contributed by atoms with E-state index in [0.717, 1.165) is 53.7 Å². The van der Waals surface area contributed by atoms with Crippen molar-refractivity contribution in [3.05, 3.63) is 97.9 Å². The molecule has 3 aromatic heterocycles. The van der Waals surface area contributed by atoms with Gasteiger partial charge in [0.2, 0.25) is 0 Å². The van der Waals surface area contributed by atoms with Gasteiger partial charge < -0.3 is 0 Å². The number of benzene rings is 3. The Kier molecular flexibility index (Phi) is 6.60. The highest BCUT2D eigenvalue weighted by molar-refractivity contribution is 7.58. The first-order valence-corrected chi connectivity index (χ1v) is 15.4. The molecule has 4 heterocycles. The largest absolute Gasteiger partial charge is 0.287 e. The second-order valence-corrected chi connectivity index (χ2v) is 12.4. The van der Waals surface area contributed by atoms with Gasteiger partial charge in [0, 0.05) is 42.8 Å². The lowest BCUT2D eigenvalue weighted by atomic mass is 10.0. The molecule has 0 saturated heterocycles. The first kappa shape index (κ1) is 27.3. The maximum Gasteiger partial charge on any atom is 0.287 e. The van der Waals surface area contributed by atoms with Gasteiger partial charge in [0.15, 0.2) is 0 Å². The van der Waals surface area contributed by atoms with Crippen LogP contribution in [0.2, 0.25) is 0 Å². The maximum atomic E-state index is 11.3. The lowest BCUT2D eigenvalue weighted by Crippen LogP contribution is -1.92. The van der Waals surface area contributed by atoms with Gasteiger partial charge in [-0.3, -0.25) is 20.2 Å². The molecular formula is C28H10N8O4S4. The molecule has 0 amide bonds. The van der Waals surface area contributed by atoms with E-state index in [2.05, 4.69) is 22.3 Å². The van der Waals surface area contributed by atoms with Crippen LogP contribution in [0.4, 0.5) is 28.4 Å². The molecule has 16 heteroatoms. The third kappa shape index (κ3) is 4.37. The average molecular weight is 651 g/mol. The van der Waals surface area contributed by atoms with Gasteiger partial charge in [0.1, 0.15) is 34.0 Å². The van der Waals surface area contributed by atoms with Crippen LogP contribution in [0, 0.1) is 38.1 Å². The monoisotopic (exact) mass is 650 g/mol. The summed E-state index contributed by atoms with van der Waals surface area (Å²) in [5.41, 5.74) is 5.00. The second-order valence-electron chi connectivity index (χ2n) is 9.17. The summed E-state index contributed by atoms with van der Waals surface area (Å²) in [6.07, 6.45) is 0. The van der Waals surface area contributed by atoms with Crippen LogP contribution in [-0.2, 0) is 11.4 Å². The summed E-state index contributed by atoms with van der Waals surface area (Å²) in [5, 5.41) is 32.0. The van der Waals surface area contributed by atoms with Crippen LogP contribution >= 0.6 is 34.4 Å². The molecular weight excluding hydrogens is 641 g/mol. The van der Waals surface area contributed by atoms with E-state index in [9.17, 15) is 25.5 Å². The normalized spacial score (nSPS) is 11.6. The highest BCUT2D eigenvalue weighted by Gasteiger charge is 2.28. The van der Waals surface area contributed by atoms with Crippen molar-refractivity contribution in [1.29, 1.82) is 5.26 Å². The molecule has 0 spiro atoms. The van der Waals surface area contributed by atoms with Gasteiger partial charge >= 0.3 is 0 Å². The highest BCUT2D eigenvalue weighted by Crippen LogP contribution is 2.54. The number of fused-ring (bicyclic) bond motifs is 2. The van der Waals surface area contributed by atoms with Gasteiger partial charge in [-0.25, -0.2) is 4.85 Å². The van der Waals surface area contributed by atoms with Crippen LogP contribution in [0.3, 0.4) is 0 Å². The van der Waals surface area contributed by atoms with Gasteiger partial charge in [0.25, 0.3) is 17.1 Å². The van der Waals surface area contributed by atoms with E-state index in [-0.39, 0.29) is 22.6 Å². The number of hydrogen-bond donors (Lipinski definition) is 0. The molecule has 6 aromatic rings. The number of nitriles is 1. The standard InChI is InChI=1S/C28H10N8O4S4/c1-30-16-11-14(3-5-18(16)36(39)40)20-7-9-22(42-20)24-27-25(31-43-33-27)23(26-28(24)34-44-32-26)21-8-6-19(41-21)13-2-4-17(35(37)38)15(10-13)12-29/h2-11H. The van der Waals surface area contributed by atoms with E-state index in [4.69, 9.17) is 6.57 Å². The summed E-state index contributed by atoms with van der Waals surface area (Å²) in [6, 6.07) is 18.5. The fourth-order valence-electron chi connectivity index (χ4n) is 4.84. The van der Waals surface area contributed by atoms with Gasteiger partial charge in [-0.2, -0.15) is 22.7 Å². The molecule has 3 aromatic carbocycles. The first-order valence-electron chi connectivity index (χ1n) is 12.3. The Morgan fingerprint density at radius 1 is 0.750 bits per heavy atom. The van der Waals surface area contributed by atoms with E-state index >= 15 is 0 Å². The van der Waals surface area contributed by atoms with Crippen molar-refractivity contribution >= 4 is 85.2 Å². The molecule has 0 radical (unpaired) electrons. The Bertz CT molecular complexity index is 2230. The quantitative estimate of drug-likeness (QED) is 0.0982. The van der Waals surface area contributed by atoms with E-state index in [1.54, 1.807) is 12.1 Å². The number of hydrogen-bond acceptors (Lipinski definition) is 12. The molecule has 0 fully saturated rings. The topological polar surface area (TPSA) is 165 Å². The zero-order valence-corrected chi connectivity index (χ0v) is 24.9. The molecule has 0 atom stereocenters. The Balaban J connectivity index is 1.33. The van der Waals surface area contributed by atoms with Crippen molar-refractivity contribution < 1.29 is 9.85 Å². The lowest BCUT2D eigenvalue weighted by molar-refractivity contribution is -0.385. The summed E-state index contributed by atoms with van der Waals surface area (Å²) in [4.78, 5) is 28.1. The van der Waals surface area contributed by atoms with E-state index in [0.29, 0.717) is 33.5 Å². The van der Waals surface area contributed by atoms with Crippen LogP contribution in [0.15, 0.2) is 69.4 Å². The predicted octanol–water partition coefficient (Wildman–Crippen LogP) is 9.45. The summed E-state index contributed by atoms with van der Waals surface area (Å²) in [6.45, 7) is 7.36. The number of nitro groups is 2. The maximum absolute atomic E-state index is 11.3. The van der Waals surface area contributed by atoms with E-state index in [1.165, 1.54) is 46.9 Å². The molecule has 12 nitrogen and oxygen atoms in total. The average Bonchev–Trinajstić information content (AvgIpc) is 3.86. The third-order valence-corrected chi connectivity index (χ3v) is 10.2. The Labute approximate surface area is 262 Å². The van der Waals surface area contributed by atoms with Crippen molar-refractivity contribution in [3.63, 3.8) is 0 Å². The SMILES string of the molecule is [C-]#[N+]c1cc(-c2ccc(-c3c4c(c(-c5ccc(-c6ccc([N+](=O)[O-])c(C#N)c6)s5)c5nsnc35)N=S=N4)s2)ccc1[N+](=O)[O-]. The molecule has 0 saturated carbocycles. The predicted molar refractivity (Wildman–Crippen MR) is 171 cm³/mol. The molecule has 0 unspecified atom stereocenters. The zero-order valence-electron chi connectivity index (χ0n) is 21.6. The van der Waals surface area contributed by atoms with Crippen molar-refractivity contribution in [2.24, 2.45) is 8.73 Å². The lowest BCUT2D eigenvalue weighted by Gasteiger charge is -2.09. The summed E-state index contributed by atoms with van der Waals surface area (Å²) < 4.78 is 18.5. The van der Waals surface area contributed by atoms with E-state index < -0.39 is 9.85 Å². The summed E-state index contributed by atoms with van der Waals surface area (Å²) in [7, 11) is 0. The van der Waals surface area contributed by atoms with Crippen molar-refractivity contribution in [1.82, 2.24) is 8.75 Å². The fourth-order valence-corrected chi connectivity index (χ4v) is 8.06. The highest BCUT2D eigenvalue weighted by atomic mass is 32.1. The molecule has 210 valence electrons. The number of aromatic nitrogens is 2. The minimum absolute atomic E-state index is 0.0154. The minimum Gasteiger partial charge on any atom is -0.260 e. The molecule has 1 aliphatic heterocycles. The number of rotatable bonds is 6. The van der Waals surface area contributed by atoms with Crippen molar-refractivity contribution in [3.8, 4) is 47.8 Å². The molecule has 7 rings (SSSR count). The Hall–Kier alpha value is -5.52. The van der Waals surface area contributed by atoms with Crippen LogP contribution in [0.25, 0.3) is 57.6 Å². The smallest absolute Gasteiger partial charge is 0.260 e. The fraction of sp³-hybridized carbons (Fsp3) is 0. The number of thiophene rings is 2. The van der Waals surface area contributed by atoms with Crippen LogP contribution in [-0.4, -0.2) is 18.6 Å². The van der Waals surface area contributed by atoms with E-state index in [1.807, 2.05) is 30.3 Å². The molecule has 0 aliphatic carbocycles. The molecule has 0 N–H and O–H groups in total. The Morgan fingerprint density at radius 3 is 1.80 bits per heavy atom. The third-order valence-electron chi connectivity index (χ3n) is 6.80. The molecule has 0 bridgehead atoms. The first-order chi connectivity index (χ1) is 21.4. The van der Waals surface area contributed by atoms with Crippen LogP contribution < -0.4 is 0 Å². The van der Waals surface area contributed by atoms with Crippen LogP contribution in [0.5, 0.6) is 0 Å².